The number of anilines is 1. The highest BCUT2D eigenvalue weighted by Gasteiger charge is 2.24. The summed E-state index contributed by atoms with van der Waals surface area (Å²) >= 11 is 0. The summed E-state index contributed by atoms with van der Waals surface area (Å²) in [6.45, 7) is 10.2. The van der Waals surface area contributed by atoms with Gasteiger partial charge < -0.3 is 4.90 Å². The van der Waals surface area contributed by atoms with E-state index >= 15 is 0 Å². The number of aromatic nitrogens is 2. The molecule has 0 unspecified atom stereocenters. The van der Waals surface area contributed by atoms with Crippen molar-refractivity contribution >= 4 is 29.3 Å². The Labute approximate surface area is 148 Å². The second-order valence-corrected chi connectivity index (χ2v) is 6.80. The highest BCUT2D eigenvalue weighted by molar-refractivity contribution is 5.83. The standard InChI is InChI=1S/C21H22N4/c1-4-15-5-6-16(9-19(15)22-3)17-7-8-18-20(10-17)24-21(11-23-18)25-12-14(2)13-25/h5-11,14H,3-4,12-13H2,1-2H3. The molecule has 4 rings (SSSR count). The molecule has 0 spiro atoms. The fraction of sp³-hybridized carbons (Fsp3) is 0.286. The van der Waals surface area contributed by atoms with Crippen LogP contribution in [-0.2, 0) is 6.42 Å². The Morgan fingerprint density at radius 3 is 2.60 bits per heavy atom. The third kappa shape index (κ3) is 2.88. The smallest absolute Gasteiger partial charge is 0.147 e. The van der Waals surface area contributed by atoms with E-state index in [1.54, 1.807) is 0 Å². The average Bonchev–Trinajstić information content (AvgIpc) is 2.64. The van der Waals surface area contributed by atoms with Gasteiger partial charge in [0.15, 0.2) is 0 Å². The molecule has 0 bridgehead atoms. The van der Waals surface area contributed by atoms with Crippen LogP contribution in [0.15, 0.2) is 47.6 Å². The SMILES string of the molecule is C=Nc1cc(-c2ccc3ncc(N4CC(C)C4)nc3c2)ccc1CC. The predicted molar refractivity (Wildman–Crippen MR) is 105 cm³/mol. The van der Waals surface area contributed by atoms with Crippen molar-refractivity contribution in [2.24, 2.45) is 10.9 Å². The topological polar surface area (TPSA) is 41.4 Å². The number of hydrogen-bond donors (Lipinski definition) is 0. The number of hydrogen-bond acceptors (Lipinski definition) is 4. The average molecular weight is 330 g/mol. The Hall–Kier alpha value is -2.75. The molecular weight excluding hydrogens is 308 g/mol. The molecule has 4 heteroatoms. The molecule has 0 N–H and O–H groups in total. The molecule has 25 heavy (non-hydrogen) atoms. The van der Waals surface area contributed by atoms with Crippen molar-refractivity contribution < 1.29 is 0 Å². The van der Waals surface area contributed by atoms with Gasteiger partial charge in [-0.05, 0) is 53.9 Å². The van der Waals surface area contributed by atoms with Gasteiger partial charge in [-0.1, -0.05) is 32.0 Å². The molecule has 2 aromatic carbocycles. The van der Waals surface area contributed by atoms with E-state index in [9.17, 15) is 0 Å². The lowest BCUT2D eigenvalue weighted by molar-refractivity contribution is 0.443. The molecule has 0 aliphatic carbocycles. The van der Waals surface area contributed by atoms with Gasteiger partial charge in [-0.3, -0.25) is 9.98 Å². The summed E-state index contributed by atoms with van der Waals surface area (Å²) in [6, 6.07) is 12.6. The fourth-order valence-corrected chi connectivity index (χ4v) is 3.41. The first-order valence-corrected chi connectivity index (χ1v) is 8.79. The summed E-state index contributed by atoms with van der Waals surface area (Å²) < 4.78 is 0. The Kier molecular flexibility index (Phi) is 3.96. The van der Waals surface area contributed by atoms with E-state index < -0.39 is 0 Å². The minimum atomic E-state index is 0.741. The van der Waals surface area contributed by atoms with Gasteiger partial charge in [-0.2, -0.15) is 0 Å². The number of aliphatic imine (C=N–C) groups is 1. The molecule has 0 saturated carbocycles. The van der Waals surface area contributed by atoms with Crippen molar-refractivity contribution in [1.29, 1.82) is 0 Å². The van der Waals surface area contributed by atoms with Crippen LogP contribution in [0.4, 0.5) is 11.5 Å². The third-order valence-electron chi connectivity index (χ3n) is 4.89. The fourth-order valence-electron chi connectivity index (χ4n) is 3.41. The van der Waals surface area contributed by atoms with Crippen molar-refractivity contribution in [3.8, 4) is 11.1 Å². The number of nitrogens with zero attached hydrogens (tertiary/aromatic N) is 4. The maximum absolute atomic E-state index is 4.82. The summed E-state index contributed by atoms with van der Waals surface area (Å²) in [6.07, 6.45) is 2.83. The zero-order valence-electron chi connectivity index (χ0n) is 14.7. The first kappa shape index (κ1) is 15.8. The molecular formula is C21H22N4. The van der Waals surface area contributed by atoms with E-state index in [1.165, 1.54) is 5.56 Å². The van der Waals surface area contributed by atoms with E-state index in [4.69, 9.17) is 4.98 Å². The van der Waals surface area contributed by atoms with Gasteiger partial charge in [0.2, 0.25) is 0 Å². The summed E-state index contributed by atoms with van der Waals surface area (Å²) in [5.74, 6) is 1.71. The van der Waals surface area contributed by atoms with Crippen LogP contribution in [0.5, 0.6) is 0 Å². The lowest BCUT2D eigenvalue weighted by atomic mass is 10.0. The molecule has 1 aliphatic heterocycles. The molecule has 4 nitrogen and oxygen atoms in total. The van der Waals surface area contributed by atoms with Crippen LogP contribution in [0.25, 0.3) is 22.2 Å². The Morgan fingerprint density at radius 2 is 1.88 bits per heavy atom. The lowest BCUT2D eigenvalue weighted by Gasteiger charge is -2.37. The summed E-state index contributed by atoms with van der Waals surface area (Å²) in [5.41, 5.74) is 6.29. The molecule has 1 fully saturated rings. The minimum absolute atomic E-state index is 0.741. The van der Waals surface area contributed by atoms with Crippen LogP contribution in [0, 0.1) is 5.92 Å². The molecule has 3 aromatic rings. The van der Waals surface area contributed by atoms with Crippen LogP contribution < -0.4 is 4.90 Å². The van der Waals surface area contributed by atoms with Crippen molar-refractivity contribution in [3.05, 3.63) is 48.2 Å². The van der Waals surface area contributed by atoms with E-state index in [2.05, 4.69) is 65.8 Å². The van der Waals surface area contributed by atoms with Gasteiger partial charge in [0.1, 0.15) is 5.82 Å². The minimum Gasteiger partial charge on any atom is -0.355 e. The second kappa shape index (κ2) is 6.28. The quantitative estimate of drug-likeness (QED) is 0.654. The van der Waals surface area contributed by atoms with Crippen molar-refractivity contribution in [2.45, 2.75) is 20.3 Å². The van der Waals surface area contributed by atoms with Gasteiger partial charge in [-0.25, -0.2) is 4.98 Å². The first-order valence-electron chi connectivity index (χ1n) is 8.79. The van der Waals surface area contributed by atoms with Crippen molar-refractivity contribution in [2.75, 3.05) is 18.0 Å². The van der Waals surface area contributed by atoms with Gasteiger partial charge >= 0.3 is 0 Å². The monoisotopic (exact) mass is 330 g/mol. The molecule has 0 amide bonds. The van der Waals surface area contributed by atoms with E-state index in [0.29, 0.717) is 0 Å². The summed E-state index contributed by atoms with van der Waals surface area (Å²) in [7, 11) is 0. The van der Waals surface area contributed by atoms with E-state index in [-0.39, 0.29) is 0 Å². The van der Waals surface area contributed by atoms with E-state index in [1.807, 2.05) is 12.3 Å². The zero-order valence-corrected chi connectivity index (χ0v) is 14.7. The van der Waals surface area contributed by atoms with Crippen molar-refractivity contribution in [3.63, 3.8) is 0 Å². The van der Waals surface area contributed by atoms with E-state index in [0.717, 1.165) is 59.1 Å². The van der Waals surface area contributed by atoms with Gasteiger partial charge in [0, 0.05) is 13.1 Å². The predicted octanol–water partition coefficient (Wildman–Crippen LogP) is 4.65. The highest BCUT2D eigenvalue weighted by atomic mass is 15.2. The second-order valence-electron chi connectivity index (χ2n) is 6.80. The first-order chi connectivity index (χ1) is 12.2. The maximum Gasteiger partial charge on any atom is 0.147 e. The van der Waals surface area contributed by atoms with Crippen LogP contribution in [0.1, 0.15) is 19.4 Å². The normalized spacial score (nSPS) is 14.6. The third-order valence-corrected chi connectivity index (χ3v) is 4.89. The Balaban J connectivity index is 1.73. The molecule has 0 atom stereocenters. The largest absolute Gasteiger partial charge is 0.355 e. The van der Waals surface area contributed by atoms with Gasteiger partial charge in [-0.15, -0.1) is 0 Å². The number of rotatable bonds is 4. The summed E-state index contributed by atoms with van der Waals surface area (Å²) in [5, 5.41) is 0. The van der Waals surface area contributed by atoms with Crippen LogP contribution in [-0.4, -0.2) is 29.8 Å². The zero-order chi connectivity index (χ0) is 17.4. The molecule has 1 aliphatic rings. The maximum atomic E-state index is 4.82. The van der Waals surface area contributed by atoms with Gasteiger partial charge in [0.05, 0.1) is 22.9 Å². The van der Waals surface area contributed by atoms with Gasteiger partial charge in [0.25, 0.3) is 0 Å². The number of fused-ring (bicyclic) bond motifs is 1. The lowest BCUT2D eigenvalue weighted by Crippen LogP contribution is -2.45. The van der Waals surface area contributed by atoms with Crippen molar-refractivity contribution in [1.82, 2.24) is 9.97 Å². The molecule has 2 heterocycles. The summed E-state index contributed by atoms with van der Waals surface area (Å²) in [4.78, 5) is 15.8. The number of aryl methyl sites for hydroxylation is 1. The highest BCUT2D eigenvalue weighted by Crippen LogP contribution is 2.30. The molecule has 1 saturated heterocycles. The molecule has 126 valence electrons. The van der Waals surface area contributed by atoms with Crippen LogP contribution in [0.3, 0.4) is 0 Å². The van der Waals surface area contributed by atoms with Crippen LogP contribution in [0.2, 0.25) is 0 Å². The molecule has 0 radical (unpaired) electrons. The number of benzene rings is 2. The molecule has 1 aromatic heterocycles. The Morgan fingerprint density at radius 1 is 1.12 bits per heavy atom. The van der Waals surface area contributed by atoms with Crippen LogP contribution >= 0.6 is 0 Å². The Bertz CT molecular complexity index is 942.